The summed E-state index contributed by atoms with van der Waals surface area (Å²) in [5.74, 6) is 0. The lowest BCUT2D eigenvalue weighted by Gasteiger charge is -2.21. The molecule has 30 heavy (non-hydrogen) atoms. The Labute approximate surface area is 179 Å². The molecule has 0 heterocycles. The Hall–Kier alpha value is -2.44. The average Bonchev–Trinajstić information content (AvgIpc) is 2.67. The van der Waals surface area contributed by atoms with E-state index in [0.29, 0.717) is 5.56 Å². The van der Waals surface area contributed by atoms with Gasteiger partial charge < -0.3 is 0 Å². The maximum atomic E-state index is 13.3. The second-order valence-electron chi connectivity index (χ2n) is 8.58. The van der Waals surface area contributed by atoms with E-state index in [1.807, 2.05) is 34.6 Å². The van der Waals surface area contributed by atoms with Crippen molar-refractivity contribution in [1.82, 2.24) is 0 Å². The number of hydrogen-bond donors (Lipinski definition) is 0. The van der Waals surface area contributed by atoms with Crippen molar-refractivity contribution in [3.63, 3.8) is 0 Å². The summed E-state index contributed by atoms with van der Waals surface area (Å²) in [5, 5.41) is 0. The molecule has 0 saturated heterocycles. The third-order valence-corrected chi connectivity index (χ3v) is 8.53. The van der Waals surface area contributed by atoms with Crippen molar-refractivity contribution in [2.45, 2.75) is 59.6 Å². The minimum absolute atomic E-state index is 0.0236. The molecule has 3 aromatic rings. The summed E-state index contributed by atoms with van der Waals surface area (Å²) >= 11 is 0. The first-order chi connectivity index (χ1) is 13.8. The summed E-state index contributed by atoms with van der Waals surface area (Å²) in [4.78, 5) is 0.226. The number of sulfone groups is 2. The standard InChI is InChI=1S/C24H26O4S2/c1-17-6-10-20(11-7-17)29(25,26)22-14-19(24(3,4)5)15-23(16-22)30(27,28)21-12-8-18(2)9-13-21/h6-16H,1-5H3. The van der Waals surface area contributed by atoms with Gasteiger partial charge in [0.15, 0.2) is 0 Å². The highest BCUT2D eigenvalue weighted by Crippen LogP contribution is 2.33. The molecule has 3 rings (SSSR count). The van der Waals surface area contributed by atoms with Gasteiger partial charge in [-0.15, -0.1) is 0 Å². The van der Waals surface area contributed by atoms with E-state index in [4.69, 9.17) is 0 Å². The van der Waals surface area contributed by atoms with Crippen LogP contribution in [-0.4, -0.2) is 16.8 Å². The first-order valence-electron chi connectivity index (χ1n) is 9.61. The van der Waals surface area contributed by atoms with Gasteiger partial charge in [0.25, 0.3) is 0 Å². The topological polar surface area (TPSA) is 68.3 Å². The van der Waals surface area contributed by atoms with E-state index in [2.05, 4.69) is 0 Å². The predicted molar refractivity (Wildman–Crippen MR) is 118 cm³/mol. The second-order valence-corrected chi connectivity index (χ2v) is 12.5. The van der Waals surface area contributed by atoms with Gasteiger partial charge in [0.2, 0.25) is 19.7 Å². The highest BCUT2D eigenvalue weighted by molar-refractivity contribution is 7.92. The molecule has 6 heteroatoms. The third kappa shape index (κ3) is 4.35. The molecule has 0 amide bonds. The Kier molecular flexibility index (Phi) is 5.69. The molecule has 0 bridgehead atoms. The number of hydrogen-bond acceptors (Lipinski definition) is 4. The minimum atomic E-state index is -3.87. The minimum Gasteiger partial charge on any atom is -0.219 e. The molecule has 0 atom stereocenters. The number of aryl methyl sites for hydroxylation is 2. The molecule has 4 nitrogen and oxygen atoms in total. The Balaban J connectivity index is 2.26. The summed E-state index contributed by atoms with van der Waals surface area (Å²) < 4.78 is 53.2. The lowest BCUT2D eigenvalue weighted by atomic mass is 9.87. The zero-order valence-electron chi connectivity index (χ0n) is 17.8. The average molecular weight is 443 g/mol. The van der Waals surface area contributed by atoms with Crippen LogP contribution in [0, 0.1) is 13.8 Å². The van der Waals surface area contributed by atoms with E-state index in [9.17, 15) is 16.8 Å². The van der Waals surface area contributed by atoms with Crippen LogP contribution in [0.15, 0.2) is 86.3 Å². The van der Waals surface area contributed by atoms with Crippen LogP contribution in [0.2, 0.25) is 0 Å². The molecule has 0 aromatic heterocycles. The lowest BCUT2D eigenvalue weighted by Crippen LogP contribution is -2.15. The molecule has 0 aliphatic carbocycles. The number of rotatable bonds is 4. The van der Waals surface area contributed by atoms with Crippen LogP contribution in [0.1, 0.15) is 37.5 Å². The summed E-state index contributed by atoms with van der Waals surface area (Å²) in [6.45, 7) is 9.53. The zero-order chi connectivity index (χ0) is 22.3. The van der Waals surface area contributed by atoms with Gasteiger partial charge in [0, 0.05) is 0 Å². The van der Waals surface area contributed by atoms with Crippen molar-refractivity contribution in [3.8, 4) is 0 Å². The number of benzene rings is 3. The fraction of sp³-hybridized carbons (Fsp3) is 0.250. The Morgan fingerprint density at radius 3 is 1.17 bits per heavy atom. The maximum absolute atomic E-state index is 13.3. The molecule has 0 radical (unpaired) electrons. The molecule has 0 saturated carbocycles. The van der Waals surface area contributed by atoms with Crippen molar-refractivity contribution in [2.75, 3.05) is 0 Å². The fourth-order valence-corrected chi connectivity index (χ4v) is 5.76. The predicted octanol–water partition coefficient (Wildman–Crippen LogP) is 5.27. The summed E-state index contributed by atoms with van der Waals surface area (Å²) in [5.41, 5.74) is 2.09. The van der Waals surface area contributed by atoms with E-state index >= 15 is 0 Å². The van der Waals surface area contributed by atoms with Gasteiger partial charge in [-0.1, -0.05) is 56.2 Å². The van der Waals surface area contributed by atoms with Crippen molar-refractivity contribution in [2.24, 2.45) is 0 Å². The van der Waals surface area contributed by atoms with Crippen LogP contribution in [-0.2, 0) is 25.1 Å². The normalized spacial score (nSPS) is 12.7. The summed E-state index contributed by atoms with van der Waals surface area (Å²) in [6, 6.07) is 17.5. The van der Waals surface area contributed by atoms with Crippen molar-refractivity contribution < 1.29 is 16.8 Å². The van der Waals surface area contributed by atoms with Crippen molar-refractivity contribution in [1.29, 1.82) is 0 Å². The quantitative estimate of drug-likeness (QED) is 0.552. The van der Waals surface area contributed by atoms with E-state index in [1.54, 1.807) is 60.7 Å². The van der Waals surface area contributed by atoms with Gasteiger partial charge in [-0.2, -0.15) is 0 Å². The van der Waals surface area contributed by atoms with E-state index in [0.717, 1.165) is 11.1 Å². The first-order valence-corrected chi connectivity index (χ1v) is 12.6. The lowest BCUT2D eigenvalue weighted by molar-refractivity contribution is 0.578. The third-order valence-electron chi connectivity index (χ3n) is 5.03. The van der Waals surface area contributed by atoms with Gasteiger partial charge >= 0.3 is 0 Å². The zero-order valence-corrected chi connectivity index (χ0v) is 19.4. The van der Waals surface area contributed by atoms with Gasteiger partial charge in [-0.25, -0.2) is 16.8 Å². The SMILES string of the molecule is Cc1ccc(S(=O)(=O)c2cc(C(C)(C)C)cc(S(=O)(=O)c3ccc(C)cc3)c2)cc1. The Morgan fingerprint density at radius 1 is 0.533 bits per heavy atom. The van der Waals surface area contributed by atoms with Gasteiger partial charge in [-0.3, -0.25) is 0 Å². The Bertz CT molecular complexity index is 1190. The highest BCUT2D eigenvalue weighted by atomic mass is 32.2. The van der Waals surface area contributed by atoms with E-state index in [1.165, 1.54) is 6.07 Å². The molecule has 0 unspecified atom stereocenters. The van der Waals surface area contributed by atoms with E-state index in [-0.39, 0.29) is 19.6 Å². The molecule has 0 aliphatic rings. The molecular weight excluding hydrogens is 416 g/mol. The molecular formula is C24H26O4S2. The van der Waals surface area contributed by atoms with Crippen LogP contribution >= 0.6 is 0 Å². The van der Waals surface area contributed by atoms with Crippen molar-refractivity contribution in [3.05, 3.63) is 83.4 Å². The second kappa shape index (κ2) is 7.67. The van der Waals surface area contributed by atoms with Crippen LogP contribution in [0.5, 0.6) is 0 Å². The largest absolute Gasteiger partial charge is 0.219 e. The summed E-state index contributed by atoms with van der Waals surface area (Å²) in [7, 11) is -7.75. The monoisotopic (exact) mass is 442 g/mol. The van der Waals surface area contributed by atoms with Gasteiger partial charge in [0.05, 0.1) is 19.6 Å². The first kappa shape index (κ1) is 22.2. The van der Waals surface area contributed by atoms with Crippen molar-refractivity contribution >= 4 is 19.7 Å². The van der Waals surface area contributed by atoms with Gasteiger partial charge in [0.1, 0.15) is 0 Å². The maximum Gasteiger partial charge on any atom is 0.206 e. The Morgan fingerprint density at radius 2 is 0.867 bits per heavy atom. The molecule has 0 aliphatic heterocycles. The molecule has 3 aromatic carbocycles. The fourth-order valence-electron chi connectivity index (χ4n) is 3.02. The molecule has 0 fully saturated rings. The smallest absolute Gasteiger partial charge is 0.206 e. The van der Waals surface area contributed by atoms with Crippen LogP contribution in [0.25, 0.3) is 0 Å². The van der Waals surface area contributed by atoms with Crippen LogP contribution in [0.4, 0.5) is 0 Å². The highest BCUT2D eigenvalue weighted by Gasteiger charge is 2.27. The molecule has 0 spiro atoms. The van der Waals surface area contributed by atoms with Crippen LogP contribution in [0.3, 0.4) is 0 Å². The molecule has 158 valence electrons. The molecule has 0 N–H and O–H groups in total. The summed E-state index contributed by atoms with van der Waals surface area (Å²) in [6.07, 6.45) is 0. The van der Waals surface area contributed by atoms with E-state index < -0.39 is 25.1 Å². The van der Waals surface area contributed by atoms with Crippen LogP contribution < -0.4 is 0 Å². The van der Waals surface area contributed by atoms with Gasteiger partial charge in [-0.05, 0) is 67.3 Å².